The topological polar surface area (TPSA) is 43.8 Å². The van der Waals surface area contributed by atoms with Gasteiger partial charge in [-0.3, -0.25) is 4.68 Å². The normalized spacial score (nSPS) is 15.8. The van der Waals surface area contributed by atoms with Crippen LogP contribution in [-0.4, -0.2) is 22.0 Å². The van der Waals surface area contributed by atoms with Crippen LogP contribution in [0.4, 0.5) is 4.39 Å². The first-order valence-corrected chi connectivity index (χ1v) is 7.04. The van der Waals surface area contributed by atoms with Crippen LogP contribution in [0.15, 0.2) is 4.47 Å². The fourth-order valence-corrected chi connectivity index (χ4v) is 2.68. The molecule has 0 amide bonds. The Morgan fingerprint density at radius 2 is 1.94 bits per heavy atom. The molecule has 0 aliphatic heterocycles. The van der Waals surface area contributed by atoms with Crippen LogP contribution in [-0.2, 0) is 19.9 Å². The predicted octanol–water partition coefficient (Wildman–Crippen LogP) is 3.00. The minimum atomic E-state index is -1.44. The Hall–Kier alpha value is -0.420. The molecule has 0 bridgehead atoms. The second kappa shape index (κ2) is 5.29. The zero-order chi connectivity index (χ0) is 14.1. The molecule has 1 aromatic heterocycles. The molecule has 1 heterocycles. The van der Waals surface area contributed by atoms with Crippen LogP contribution >= 0.6 is 15.9 Å². The summed E-state index contributed by atoms with van der Waals surface area (Å²) in [5, 5.41) is 4.39. The molecular weight excluding hydrogens is 297 g/mol. The highest BCUT2D eigenvalue weighted by atomic mass is 79.9. The van der Waals surface area contributed by atoms with Crippen molar-refractivity contribution in [1.82, 2.24) is 9.78 Å². The van der Waals surface area contributed by atoms with Crippen molar-refractivity contribution < 1.29 is 4.39 Å². The maximum atomic E-state index is 15.0. The van der Waals surface area contributed by atoms with Crippen LogP contribution in [0.2, 0.25) is 0 Å². The molecule has 0 aliphatic carbocycles. The van der Waals surface area contributed by atoms with E-state index in [4.69, 9.17) is 5.73 Å². The maximum absolute atomic E-state index is 15.0. The van der Waals surface area contributed by atoms with E-state index in [9.17, 15) is 4.39 Å². The van der Waals surface area contributed by atoms with E-state index in [0.717, 1.165) is 22.3 Å². The standard InChI is InChI=1S/C13H23BrFN3/c1-6-9-11(14)10(18(5)17-9)7-13(15,8-16)12(2,3)4/h6-8,16H2,1-5H3. The van der Waals surface area contributed by atoms with Crippen molar-refractivity contribution >= 4 is 15.9 Å². The lowest BCUT2D eigenvalue weighted by molar-refractivity contribution is 0.0363. The Morgan fingerprint density at radius 3 is 2.28 bits per heavy atom. The Kier molecular flexibility index (Phi) is 4.60. The number of hydrogen-bond donors (Lipinski definition) is 1. The molecular formula is C13H23BrFN3. The monoisotopic (exact) mass is 319 g/mol. The number of aryl methyl sites for hydroxylation is 2. The van der Waals surface area contributed by atoms with Crippen molar-refractivity contribution in [1.29, 1.82) is 0 Å². The third kappa shape index (κ3) is 2.77. The zero-order valence-electron chi connectivity index (χ0n) is 11.8. The number of nitrogens with two attached hydrogens (primary N) is 1. The first-order valence-electron chi connectivity index (χ1n) is 6.25. The lowest BCUT2D eigenvalue weighted by atomic mass is 9.75. The predicted molar refractivity (Wildman–Crippen MR) is 76.3 cm³/mol. The summed E-state index contributed by atoms with van der Waals surface area (Å²) in [5.74, 6) is 0. The molecule has 2 N–H and O–H groups in total. The van der Waals surface area contributed by atoms with E-state index in [-0.39, 0.29) is 13.0 Å². The highest BCUT2D eigenvalue weighted by Gasteiger charge is 2.42. The van der Waals surface area contributed by atoms with Gasteiger partial charge in [0.2, 0.25) is 0 Å². The molecule has 1 unspecified atom stereocenters. The minimum absolute atomic E-state index is 0.00950. The van der Waals surface area contributed by atoms with Crippen molar-refractivity contribution in [3.05, 3.63) is 15.9 Å². The molecule has 0 saturated heterocycles. The van der Waals surface area contributed by atoms with Gasteiger partial charge in [0.05, 0.1) is 15.9 Å². The molecule has 104 valence electrons. The van der Waals surface area contributed by atoms with Crippen LogP contribution in [0.25, 0.3) is 0 Å². The second-order valence-electron chi connectivity index (χ2n) is 5.78. The summed E-state index contributed by atoms with van der Waals surface area (Å²) in [6.07, 6.45) is 1.10. The van der Waals surface area contributed by atoms with Crippen LogP contribution in [0, 0.1) is 5.41 Å². The van der Waals surface area contributed by atoms with Gasteiger partial charge in [-0.05, 0) is 27.8 Å². The van der Waals surface area contributed by atoms with E-state index >= 15 is 0 Å². The maximum Gasteiger partial charge on any atom is 0.133 e. The van der Waals surface area contributed by atoms with Gasteiger partial charge < -0.3 is 5.73 Å². The average molecular weight is 320 g/mol. The lowest BCUT2D eigenvalue weighted by Gasteiger charge is -2.37. The van der Waals surface area contributed by atoms with Crippen molar-refractivity contribution in [2.24, 2.45) is 18.2 Å². The molecule has 1 aromatic rings. The van der Waals surface area contributed by atoms with Gasteiger partial charge in [0, 0.05) is 20.0 Å². The van der Waals surface area contributed by atoms with E-state index in [0.29, 0.717) is 0 Å². The highest BCUT2D eigenvalue weighted by Crippen LogP contribution is 2.38. The second-order valence-corrected chi connectivity index (χ2v) is 6.57. The first-order chi connectivity index (χ1) is 8.16. The van der Waals surface area contributed by atoms with E-state index < -0.39 is 11.1 Å². The summed E-state index contributed by atoms with van der Waals surface area (Å²) < 4.78 is 17.7. The molecule has 0 aromatic carbocycles. The van der Waals surface area contributed by atoms with Gasteiger partial charge in [-0.2, -0.15) is 5.10 Å². The van der Waals surface area contributed by atoms with Crippen LogP contribution in [0.1, 0.15) is 39.1 Å². The molecule has 18 heavy (non-hydrogen) atoms. The Balaban J connectivity index is 3.14. The minimum Gasteiger partial charge on any atom is -0.327 e. The summed E-state index contributed by atoms with van der Waals surface area (Å²) in [7, 11) is 1.85. The van der Waals surface area contributed by atoms with Gasteiger partial charge in [0.25, 0.3) is 0 Å². The number of aromatic nitrogens is 2. The van der Waals surface area contributed by atoms with Crippen molar-refractivity contribution in [2.75, 3.05) is 6.54 Å². The summed E-state index contributed by atoms with van der Waals surface area (Å²) in [6.45, 7) is 7.68. The number of hydrogen-bond acceptors (Lipinski definition) is 2. The van der Waals surface area contributed by atoms with Crippen molar-refractivity contribution in [3.63, 3.8) is 0 Å². The molecule has 0 fully saturated rings. The van der Waals surface area contributed by atoms with Crippen LogP contribution in [0.5, 0.6) is 0 Å². The Morgan fingerprint density at radius 1 is 1.39 bits per heavy atom. The fraction of sp³-hybridized carbons (Fsp3) is 0.769. The smallest absolute Gasteiger partial charge is 0.133 e. The van der Waals surface area contributed by atoms with Gasteiger partial charge in [-0.1, -0.05) is 27.7 Å². The molecule has 0 spiro atoms. The number of nitrogens with zero attached hydrogens (tertiary/aromatic N) is 2. The van der Waals surface area contributed by atoms with Gasteiger partial charge >= 0.3 is 0 Å². The van der Waals surface area contributed by atoms with Gasteiger partial charge in [0.1, 0.15) is 5.67 Å². The SMILES string of the molecule is CCc1nn(C)c(CC(F)(CN)C(C)(C)C)c1Br. The van der Waals surface area contributed by atoms with E-state index in [1.54, 1.807) is 4.68 Å². The number of rotatable bonds is 4. The van der Waals surface area contributed by atoms with Gasteiger partial charge in [-0.15, -0.1) is 0 Å². The van der Waals surface area contributed by atoms with E-state index in [2.05, 4.69) is 21.0 Å². The molecule has 0 aliphatic rings. The van der Waals surface area contributed by atoms with Crippen LogP contribution < -0.4 is 5.73 Å². The third-order valence-corrected chi connectivity index (χ3v) is 4.53. The van der Waals surface area contributed by atoms with E-state index in [1.807, 2.05) is 34.7 Å². The summed E-state index contributed by atoms with van der Waals surface area (Å²) in [4.78, 5) is 0. The Bertz CT molecular complexity index is 423. The summed E-state index contributed by atoms with van der Waals surface area (Å²) in [6, 6.07) is 0. The zero-order valence-corrected chi connectivity index (χ0v) is 13.4. The Labute approximate surface area is 117 Å². The average Bonchev–Trinajstić information content (AvgIpc) is 2.54. The van der Waals surface area contributed by atoms with Crippen LogP contribution in [0.3, 0.4) is 0 Å². The lowest BCUT2D eigenvalue weighted by Crippen LogP contribution is -2.47. The van der Waals surface area contributed by atoms with Crippen molar-refractivity contribution in [3.8, 4) is 0 Å². The fourth-order valence-electron chi connectivity index (χ4n) is 1.92. The molecule has 1 rings (SSSR count). The first kappa shape index (κ1) is 15.6. The van der Waals surface area contributed by atoms with Gasteiger partial charge in [-0.25, -0.2) is 4.39 Å². The molecule has 1 atom stereocenters. The van der Waals surface area contributed by atoms with E-state index in [1.165, 1.54) is 0 Å². The summed E-state index contributed by atoms with van der Waals surface area (Å²) >= 11 is 3.52. The number of halogens is 2. The molecule has 3 nitrogen and oxygen atoms in total. The molecule has 0 saturated carbocycles. The third-order valence-electron chi connectivity index (χ3n) is 3.62. The van der Waals surface area contributed by atoms with Crippen molar-refractivity contribution in [2.45, 2.75) is 46.2 Å². The molecule has 5 heteroatoms. The summed E-state index contributed by atoms with van der Waals surface area (Å²) in [5.41, 5.74) is 5.55. The largest absolute Gasteiger partial charge is 0.327 e. The highest BCUT2D eigenvalue weighted by molar-refractivity contribution is 9.10. The number of alkyl halides is 1. The molecule has 0 radical (unpaired) electrons. The quantitative estimate of drug-likeness (QED) is 0.927. The van der Waals surface area contributed by atoms with Gasteiger partial charge in [0.15, 0.2) is 0 Å².